The second kappa shape index (κ2) is 5.36. The van der Waals surface area contributed by atoms with E-state index in [1.54, 1.807) is 24.4 Å². The lowest BCUT2D eigenvalue weighted by Gasteiger charge is -2.04. The maximum atomic E-state index is 13.6. The summed E-state index contributed by atoms with van der Waals surface area (Å²) in [7, 11) is 0. The summed E-state index contributed by atoms with van der Waals surface area (Å²) >= 11 is 0. The fourth-order valence-corrected chi connectivity index (χ4v) is 2.09. The molecule has 0 saturated heterocycles. The molecular formula is C16H10F2N2O. The van der Waals surface area contributed by atoms with Crippen LogP contribution in [0.15, 0.2) is 48.8 Å². The molecule has 21 heavy (non-hydrogen) atoms. The van der Waals surface area contributed by atoms with Crippen molar-refractivity contribution in [3.05, 3.63) is 71.6 Å². The zero-order chi connectivity index (χ0) is 14.8. The van der Waals surface area contributed by atoms with E-state index in [9.17, 15) is 13.6 Å². The summed E-state index contributed by atoms with van der Waals surface area (Å²) in [6.45, 7) is 0. The number of ketones is 1. The summed E-state index contributed by atoms with van der Waals surface area (Å²) in [4.78, 5) is 20.4. The van der Waals surface area contributed by atoms with Crippen LogP contribution in [0.5, 0.6) is 0 Å². The Hall–Kier alpha value is -2.69. The molecule has 0 amide bonds. The van der Waals surface area contributed by atoms with E-state index in [1.807, 2.05) is 0 Å². The van der Waals surface area contributed by atoms with E-state index < -0.39 is 11.6 Å². The van der Waals surface area contributed by atoms with E-state index >= 15 is 0 Å². The lowest BCUT2D eigenvalue weighted by molar-refractivity contribution is 0.0992. The van der Waals surface area contributed by atoms with Gasteiger partial charge in [-0.2, -0.15) is 0 Å². The Bertz CT molecular complexity index is 833. The number of Topliss-reactive ketones (excluding diaryl/α,β-unsaturated/α-hetero) is 1. The number of hydrogen-bond donors (Lipinski definition) is 0. The molecule has 1 aromatic heterocycles. The third kappa shape index (κ3) is 2.76. The number of carbonyl (C=O) groups is 1. The van der Waals surface area contributed by atoms with Crippen LogP contribution in [0.1, 0.15) is 15.9 Å². The van der Waals surface area contributed by atoms with Gasteiger partial charge in [0.25, 0.3) is 0 Å². The maximum absolute atomic E-state index is 13.6. The van der Waals surface area contributed by atoms with Crippen LogP contribution in [0.4, 0.5) is 8.78 Å². The first-order valence-corrected chi connectivity index (χ1v) is 6.31. The first-order chi connectivity index (χ1) is 10.1. The van der Waals surface area contributed by atoms with E-state index in [4.69, 9.17) is 0 Å². The van der Waals surface area contributed by atoms with Gasteiger partial charge in [-0.25, -0.2) is 8.78 Å². The zero-order valence-corrected chi connectivity index (χ0v) is 10.9. The van der Waals surface area contributed by atoms with Gasteiger partial charge in [0.1, 0.15) is 11.6 Å². The highest BCUT2D eigenvalue weighted by Crippen LogP contribution is 2.16. The Morgan fingerprint density at radius 1 is 0.952 bits per heavy atom. The van der Waals surface area contributed by atoms with Gasteiger partial charge in [0.15, 0.2) is 5.78 Å². The molecule has 3 rings (SSSR count). The second-order valence-electron chi connectivity index (χ2n) is 4.60. The van der Waals surface area contributed by atoms with Gasteiger partial charge < -0.3 is 0 Å². The van der Waals surface area contributed by atoms with Crippen LogP contribution in [0.2, 0.25) is 0 Å². The summed E-state index contributed by atoms with van der Waals surface area (Å²) < 4.78 is 26.7. The number of carbonyl (C=O) groups excluding carboxylic acids is 1. The van der Waals surface area contributed by atoms with Crippen LogP contribution in [-0.2, 0) is 6.42 Å². The minimum atomic E-state index is -0.592. The van der Waals surface area contributed by atoms with E-state index in [-0.39, 0.29) is 17.8 Å². The molecule has 0 atom stereocenters. The van der Waals surface area contributed by atoms with Crippen molar-refractivity contribution in [1.29, 1.82) is 0 Å². The standard InChI is InChI=1S/C16H10F2N2O/c17-12-2-3-13(18)11(7-12)9-16(21)10-1-4-14-15(8-10)20-6-5-19-14/h1-8H,9H2. The summed E-state index contributed by atoms with van der Waals surface area (Å²) in [5.41, 5.74) is 1.69. The van der Waals surface area contributed by atoms with Gasteiger partial charge in [-0.05, 0) is 42.0 Å². The third-order valence-electron chi connectivity index (χ3n) is 3.15. The van der Waals surface area contributed by atoms with Gasteiger partial charge in [-0.15, -0.1) is 0 Å². The van der Waals surface area contributed by atoms with Crippen LogP contribution in [0, 0.1) is 11.6 Å². The molecule has 3 aromatic rings. The molecule has 0 radical (unpaired) electrons. The minimum Gasteiger partial charge on any atom is -0.294 e. The molecule has 0 N–H and O–H groups in total. The van der Waals surface area contributed by atoms with Crippen LogP contribution in [0.25, 0.3) is 11.0 Å². The highest BCUT2D eigenvalue weighted by atomic mass is 19.1. The number of aromatic nitrogens is 2. The van der Waals surface area contributed by atoms with Crippen molar-refractivity contribution in [1.82, 2.24) is 9.97 Å². The first kappa shape index (κ1) is 13.3. The van der Waals surface area contributed by atoms with Gasteiger partial charge in [-0.3, -0.25) is 14.8 Å². The Kier molecular flexibility index (Phi) is 3.39. The number of halogens is 2. The number of hydrogen-bond acceptors (Lipinski definition) is 3. The van der Waals surface area contributed by atoms with Crippen LogP contribution >= 0.6 is 0 Å². The molecule has 1 heterocycles. The largest absolute Gasteiger partial charge is 0.294 e. The lowest BCUT2D eigenvalue weighted by Crippen LogP contribution is -2.06. The quantitative estimate of drug-likeness (QED) is 0.693. The molecule has 0 unspecified atom stereocenters. The summed E-state index contributed by atoms with van der Waals surface area (Å²) in [5, 5.41) is 0. The highest BCUT2D eigenvalue weighted by Gasteiger charge is 2.12. The molecule has 0 aliphatic carbocycles. The van der Waals surface area contributed by atoms with Gasteiger partial charge in [0, 0.05) is 24.4 Å². The van der Waals surface area contributed by atoms with E-state index in [1.165, 1.54) is 6.20 Å². The van der Waals surface area contributed by atoms with Crippen molar-refractivity contribution in [2.75, 3.05) is 0 Å². The smallest absolute Gasteiger partial charge is 0.167 e. The summed E-state index contributed by atoms with van der Waals surface area (Å²) in [5.74, 6) is -1.46. The molecule has 3 nitrogen and oxygen atoms in total. The van der Waals surface area contributed by atoms with Crippen molar-refractivity contribution in [2.24, 2.45) is 0 Å². The van der Waals surface area contributed by atoms with Crippen LogP contribution in [-0.4, -0.2) is 15.8 Å². The monoisotopic (exact) mass is 284 g/mol. The topological polar surface area (TPSA) is 42.9 Å². The molecule has 0 bridgehead atoms. The molecule has 5 heteroatoms. The molecule has 0 fully saturated rings. The van der Waals surface area contributed by atoms with Crippen LogP contribution < -0.4 is 0 Å². The molecule has 0 saturated carbocycles. The summed E-state index contributed by atoms with van der Waals surface area (Å²) in [6, 6.07) is 7.96. The number of rotatable bonds is 3. The highest BCUT2D eigenvalue weighted by molar-refractivity contribution is 5.99. The number of fused-ring (bicyclic) bond motifs is 1. The normalized spacial score (nSPS) is 10.8. The summed E-state index contributed by atoms with van der Waals surface area (Å²) in [6.07, 6.45) is 2.89. The average Bonchev–Trinajstić information content (AvgIpc) is 2.50. The molecule has 0 aliphatic heterocycles. The first-order valence-electron chi connectivity index (χ1n) is 6.31. The fraction of sp³-hybridized carbons (Fsp3) is 0.0625. The van der Waals surface area contributed by atoms with Crippen molar-refractivity contribution in [3.63, 3.8) is 0 Å². The zero-order valence-electron chi connectivity index (χ0n) is 10.9. The maximum Gasteiger partial charge on any atom is 0.167 e. The lowest BCUT2D eigenvalue weighted by atomic mass is 10.0. The fourth-order valence-electron chi connectivity index (χ4n) is 2.09. The van der Waals surface area contributed by atoms with Crippen LogP contribution in [0.3, 0.4) is 0 Å². The van der Waals surface area contributed by atoms with Crippen molar-refractivity contribution in [3.8, 4) is 0 Å². The van der Waals surface area contributed by atoms with E-state index in [0.29, 0.717) is 16.6 Å². The van der Waals surface area contributed by atoms with E-state index in [0.717, 1.165) is 18.2 Å². The van der Waals surface area contributed by atoms with Crippen molar-refractivity contribution in [2.45, 2.75) is 6.42 Å². The molecular weight excluding hydrogens is 274 g/mol. The Labute approximate surface area is 119 Å². The molecule has 0 spiro atoms. The second-order valence-corrected chi connectivity index (χ2v) is 4.60. The SMILES string of the molecule is O=C(Cc1cc(F)ccc1F)c1ccc2nccnc2c1. The van der Waals surface area contributed by atoms with Gasteiger partial charge in [0.05, 0.1) is 11.0 Å². The minimum absolute atomic E-state index is 0.0410. The molecule has 2 aromatic carbocycles. The molecule has 104 valence electrons. The predicted octanol–water partition coefficient (Wildman–Crippen LogP) is 3.33. The van der Waals surface area contributed by atoms with Crippen molar-refractivity contribution >= 4 is 16.8 Å². The van der Waals surface area contributed by atoms with Gasteiger partial charge >= 0.3 is 0 Å². The number of nitrogens with zero attached hydrogens (tertiary/aromatic N) is 2. The predicted molar refractivity (Wildman–Crippen MR) is 73.9 cm³/mol. The van der Waals surface area contributed by atoms with Crippen molar-refractivity contribution < 1.29 is 13.6 Å². The third-order valence-corrected chi connectivity index (χ3v) is 3.15. The average molecular weight is 284 g/mol. The Morgan fingerprint density at radius 2 is 1.71 bits per heavy atom. The Morgan fingerprint density at radius 3 is 2.52 bits per heavy atom. The van der Waals surface area contributed by atoms with Gasteiger partial charge in [-0.1, -0.05) is 0 Å². The van der Waals surface area contributed by atoms with E-state index in [2.05, 4.69) is 9.97 Å². The molecule has 0 aliphatic rings. The Balaban J connectivity index is 1.91. The number of benzene rings is 2. The van der Waals surface area contributed by atoms with Gasteiger partial charge in [0.2, 0.25) is 0 Å².